The third-order valence-electron chi connectivity index (χ3n) is 3.16. The molecule has 0 radical (unpaired) electrons. The van der Waals surface area contributed by atoms with Crippen LogP contribution in [-0.2, 0) is 0 Å². The van der Waals surface area contributed by atoms with Crippen molar-refractivity contribution in [3.8, 4) is 0 Å². The van der Waals surface area contributed by atoms with Crippen LogP contribution in [0.15, 0.2) is 53.5 Å². The van der Waals surface area contributed by atoms with E-state index in [4.69, 9.17) is 17.3 Å². The number of benzene rings is 2. The molecule has 0 aliphatic rings. The Kier molecular flexibility index (Phi) is 3.06. The number of halogens is 1. The third-order valence-corrected chi connectivity index (χ3v) is 4.42. The van der Waals surface area contributed by atoms with Gasteiger partial charge in [0.2, 0.25) is 16.5 Å². The van der Waals surface area contributed by atoms with Crippen LogP contribution < -0.4 is 11.4 Å². The second kappa shape index (κ2) is 5.08. The van der Waals surface area contributed by atoms with E-state index in [9.17, 15) is 0 Å². The number of nitrogen functional groups attached to an aromatic ring is 1. The van der Waals surface area contributed by atoms with Crippen molar-refractivity contribution in [2.24, 2.45) is 4.99 Å². The normalized spacial score (nSPS) is 12.3. The Morgan fingerprint density at radius 3 is 2.73 bits per heavy atom. The van der Waals surface area contributed by atoms with Crippen LogP contribution in [0.2, 0.25) is 5.02 Å². The highest BCUT2D eigenvalue weighted by atomic mass is 35.5. The number of hydrogen-bond donors (Lipinski definition) is 1. The monoisotopic (exact) mass is 327 g/mol. The molecule has 0 saturated heterocycles. The van der Waals surface area contributed by atoms with Crippen LogP contribution in [-0.4, -0.2) is 14.4 Å². The molecule has 0 amide bonds. The standard InChI is InChI=1S/C15H10ClN5S/c16-9-6-7-12-11(8-9)21-14(18-10-4-2-1-3-5-10)19-13(17)20-15(21)22-12/h1-8H,(H2,17,18,19). The SMILES string of the molecule is Nc1nc(=Nc2ccccc2)n2c(n1)sc1ccc(Cl)cc12. The number of thiazole rings is 1. The van der Waals surface area contributed by atoms with Crippen molar-refractivity contribution in [1.82, 2.24) is 14.4 Å². The molecule has 22 heavy (non-hydrogen) atoms. The van der Waals surface area contributed by atoms with E-state index in [1.165, 1.54) is 11.3 Å². The van der Waals surface area contributed by atoms with Crippen molar-refractivity contribution in [1.29, 1.82) is 0 Å². The van der Waals surface area contributed by atoms with Gasteiger partial charge in [-0.1, -0.05) is 41.1 Å². The van der Waals surface area contributed by atoms with Gasteiger partial charge in [-0.05, 0) is 30.3 Å². The number of rotatable bonds is 1. The summed E-state index contributed by atoms with van der Waals surface area (Å²) in [5.74, 6) is 0.201. The molecule has 7 heteroatoms. The van der Waals surface area contributed by atoms with Gasteiger partial charge in [0.1, 0.15) is 0 Å². The summed E-state index contributed by atoms with van der Waals surface area (Å²) in [6, 6.07) is 15.3. The zero-order chi connectivity index (χ0) is 15.1. The average molecular weight is 328 g/mol. The number of para-hydroxylation sites is 1. The Labute approximate surface area is 134 Å². The van der Waals surface area contributed by atoms with Crippen LogP contribution >= 0.6 is 22.9 Å². The molecule has 108 valence electrons. The summed E-state index contributed by atoms with van der Waals surface area (Å²) in [5, 5.41) is 0.655. The van der Waals surface area contributed by atoms with E-state index in [2.05, 4.69) is 15.0 Å². The lowest BCUT2D eigenvalue weighted by Gasteiger charge is -1.99. The molecule has 0 unspecified atom stereocenters. The van der Waals surface area contributed by atoms with E-state index in [1.807, 2.05) is 52.9 Å². The fourth-order valence-electron chi connectivity index (χ4n) is 2.23. The molecule has 0 atom stereocenters. The highest BCUT2D eigenvalue weighted by Gasteiger charge is 2.09. The van der Waals surface area contributed by atoms with Gasteiger partial charge in [0, 0.05) is 5.02 Å². The summed E-state index contributed by atoms with van der Waals surface area (Å²) in [5.41, 5.74) is 8.02. The Hall–Kier alpha value is -2.44. The maximum Gasteiger partial charge on any atom is 0.240 e. The van der Waals surface area contributed by atoms with Crippen molar-refractivity contribution in [2.45, 2.75) is 0 Å². The topological polar surface area (TPSA) is 68.6 Å². The number of hydrogen-bond acceptors (Lipinski definition) is 5. The lowest BCUT2D eigenvalue weighted by Crippen LogP contribution is -2.20. The first-order valence-electron chi connectivity index (χ1n) is 6.55. The summed E-state index contributed by atoms with van der Waals surface area (Å²) in [7, 11) is 0. The van der Waals surface area contributed by atoms with Crippen LogP contribution in [0.1, 0.15) is 0 Å². The summed E-state index contributed by atoms with van der Waals surface area (Å²) in [4.78, 5) is 13.9. The number of fused-ring (bicyclic) bond motifs is 3. The molecule has 0 bridgehead atoms. The lowest BCUT2D eigenvalue weighted by molar-refractivity contribution is 0.948. The van der Waals surface area contributed by atoms with Gasteiger partial charge in [-0.25, -0.2) is 4.99 Å². The second-order valence-electron chi connectivity index (χ2n) is 4.66. The molecule has 2 aromatic carbocycles. The summed E-state index contributed by atoms with van der Waals surface area (Å²) < 4.78 is 2.92. The molecule has 0 aliphatic heterocycles. The Morgan fingerprint density at radius 1 is 1.09 bits per heavy atom. The van der Waals surface area contributed by atoms with Crippen molar-refractivity contribution < 1.29 is 0 Å². The minimum absolute atomic E-state index is 0.201. The number of nitrogens with zero attached hydrogens (tertiary/aromatic N) is 4. The highest BCUT2D eigenvalue weighted by molar-refractivity contribution is 7.23. The van der Waals surface area contributed by atoms with Crippen molar-refractivity contribution >= 4 is 49.8 Å². The third kappa shape index (κ3) is 2.22. The van der Waals surface area contributed by atoms with Gasteiger partial charge in [-0.15, -0.1) is 0 Å². The molecule has 0 saturated carbocycles. The molecule has 0 fully saturated rings. The summed E-state index contributed by atoms with van der Waals surface area (Å²) in [6.07, 6.45) is 0. The zero-order valence-corrected chi connectivity index (χ0v) is 12.8. The predicted molar refractivity (Wildman–Crippen MR) is 89.5 cm³/mol. The maximum absolute atomic E-state index is 6.11. The van der Waals surface area contributed by atoms with Crippen LogP contribution in [0.5, 0.6) is 0 Å². The van der Waals surface area contributed by atoms with E-state index in [1.54, 1.807) is 0 Å². The number of nitrogens with two attached hydrogens (primary N) is 1. The number of aromatic nitrogens is 3. The Morgan fingerprint density at radius 2 is 1.91 bits per heavy atom. The molecule has 2 heterocycles. The molecule has 2 aromatic heterocycles. The Balaban J connectivity index is 2.15. The lowest BCUT2D eigenvalue weighted by atomic mass is 10.3. The van der Waals surface area contributed by atoms with Gasteiger partial charge in [0.05, 0.1) is 15.9 Å². The molecule has 5 nitrogen and oxygen atoms in total. The fraction of sp³-hybridized carbons (Fsp3) is 0. The van der Waals surface area contributed by atoms with Gasteiger partial charge in [-0.3, -0.25) is 4.40 Å². The summed E-state index contributed by atoms with van der Waals surface area (Å²) >= 11 is 7.64. The van der Waals surface area contributed by atoms with E-state index >= 15 is 0 Å². The molecular formula is C15H10ClN5S. The first-order chi connectivity index (χ1) is 10.7. The van der Waals surface area contributed by atoms with Gasteiger partial charge < -0.3 is 5.73 Å². The fourth-order valence-corrected chi connectivity index (χ4v) is 3.40. The van der Waals surface area contributed by atoms with E-state index in [-0.39, 0.29) is 5.95 Å². The Bertz CT molecular complexity index is 1050. The van der Waals surface area contributed by atoms with Gasteiger partial charge in [0.15, 0.2) is 0 Å². The van der Waals surface area contributed by atoms with Crippen LogP contribution in [0.3, 0.4) is 0 Å². The van der Waals surface area contributed by atoms with E-state index < -0.39 is 0 Å². The highest BCUT2D eigenvalue weighted by Crippen LogP contribution is 2.26. The molecule has 0 aliphatic carbocycles. The molecule has 4 rings (SSSR count). The average Bonchev–Trinajstić information content (AvgIpc) is 2.85. The van der Waals surface area contributed by atoms with Gasteiger partial charge in [-0.2, -0.15) is 9.97 Å². The molecule has 2 N–H and O–H groups in total. The molecule has 4 aromatic rings. The van der Waals surface area contributed by atoms with Crippen molar-refractivity contribution in [3.05, 3.63) is 59.2 Å². The maximum atomic E-state index is 6.11. The van der Waals surface area contributed by atoms with Crippen LogP contribution in [0.4, 0.5) is 11.6 Å². The van der Waals surface area contributed by atoms with Gasteiger partial charge in [0.25, 0.3) is 0 Å². The van der Waals surface area contributed by atoms with Crippen molar-refractivity contribution in [2.75, 3.05) is 5.73 Å². The molecule has 0 spiro atoms. The molecular weight excluding hydrogens is 318 g/mol. The summed E-state index contributed by atoms with van der Waals surface area (Å²) in [6.45, 7) is 0. The quantitative estimate of drug-likeness (QED) is 0.582. The second-order valence-corrected chi connectivity index (χ2v) is 6.11. The number of anilines is 1. The smallest absolute Gasteiger partial charge is 0.240 e. The van der Waals surface area contributed by atoms with Crippen molar-refractivity contribution in [3.63, 3.8) is 0 Å². The first-order valence-corrected chi connectivity index (χ1v) is 7.74. The predicted octanol–water partition coefficient (Wildman–Crippen LogP) is 3.41. The largest absolute Gasteiger partial charge is 0.368 e. The van der Waals surface area contributed by atoms with E-state index in [0.29, 0.717) is 10.6 Å². The zero-order valence-electron chi connectivity index (χ0n) is 11.3. The van der Waals surface area contributed by atoms with Gasteiger partial charge >= 0.3 is 0 Å². The minimum atomic E-state index is 0.201. The minimum Gasteiger partial charge on any atom is -0.368 e. The first kappa shape index (κ1) is 13.2. The van der Waals surface area contributed by atoms with Crippen LogP contribution in [0.25, 0.3) is 15.2 Å². The van der Waals surface area contributed by atoms with E-state index in [0.717, 1.165) is 20.9 Å². The van der Waals surface area contributed by atoms with Crippen LogP contribution in [0, 0.1) is 0 Å².